The minimum atomic E-state index is -0.508. The Balaban J connectivity index is 1.18. The molecule has 40 heavy (non-hydrogen) atoms. The van der Waals surface area contributed by atoms with E-state index in [0.717, 1.165) is 37.9 Å². The number of hydrogen-bond donors (Lipinski definition) is 1. The molecular formula is C29H40N6O5. The number of aromatic nitrogens is 2. The lowest BCUT2D eigenvalue weighted by Crippen LogP contribution is -2.51. The second-order valence-corrected chi connectivity index (χ2v) is 12.2. The largest absolute Gasteiger partial charge is 0.444 e. The Morgan fingerprint density at radius 1 is 1.00 bits per heavy atom. The lowest BCUT2D eigenvalue weighted by atomic mass is 9.92. The summed E-state index contributed by atoms with van der Waals surface area (Å²) in [5, 5.41) is 7.81. The van der Waals surface area contributed by atoms with Crippen LogP contribution in [-0.2, 0) is 21.4 Å². The van der Waals surface area contributed by atoms with Crippen LogP contribution in [0.2, 0.25) is 0 Å². The molecule has 0 aliphatic carbocycles. The average molecular weight is 553 g/mol. The Bertz CT molecular complexity index is 1300. The topological polar surface area (TPSA) is 117 Å². The molecule has 1 atom stereocenters. The number of para-hydroxylation sites is 1. The van der Waals surface area contributed by atoms with Crippen LogP contribution in [0.25, 0.3) is 10.9 Å². The van der Waals surface area contributed by atoms with Gasteiger partial charge < -0.3 is 14.5 Å². The summed E-state index contributed by atoms with van der Waals surface area (Å²) in [6, 6.07) is 5.56. The highest BCUT2D eigenvalue weighted by Crippen LogP contribution is 2.32. The zero-order valence-electron chi connectivity index (χ0n) is 23.9. The van der Waals surface area contributed by atoms with Gasteiger partial charge in [0, 0.05) is 64.7 Å². The number of benzene rings is 1. The standard InChI is InChI=1S/C29H40N6O5/c1-29(2,3)40-28(39)35-12-10-19(11-13-35)18-33-14-16-34(17-15-33)27(38)22-7-5-6-20-24(31-32(4)25(20)22)21-8-9-23(36)30-26(21)37/h5-7,19,21H,8-18H2,1-4H3,(H,30,36,37). The number of carbonyl (C=O) groups excluding carboxylic acids is 4. The van der Waals surface area contributed by atoms with E-state index in [1.807, 2.05) is 48.8 Å². The van der Waals surface area contributed by atoms with E-state index in [1.165, 1.54) is 0 Å². The van der Waals surface area contributed by atoms with Crippen LogP contribution < -0.4 is 5.32 Å². The minimum absolute atomic E-state index is 0.0336. The number of rotatable bonds is 4. The first-order valence-corrected chi connectivity index (χ1v) is 14.3. The molecule has 0 spiro atoms. The number of piperazine rings is 1. The van der Waals surface area contributed by atoms with Crippen molar-refractivity contribution in [3.05, 3.63) is 29.5 Å². The fourth-order valence-electron chi connectivity index (χ4n) is 6.04. The van der Waals surface area contributed by atoms with Crippen LogP contribution in [0.3, 0.4) is 0 Å². The Hall–Kier alpha value is -3.47. The quantitative estimate of drug-likeness (QED) is 0.579. The third-order valence-electron chi connectivity index (χ3n) is 8.14. The number of amides is 4. The average Bonchev–Trinajstić information content (AvgIpc) is 3.24. The number of piperidine rings is 2. The molecule has 4 heterocycles. The molecule has 216 valence electrons. The second kappa shape index (κ2) is 11.2. The molecule has 0 bridgehead atoms. The molecule has 5 rings (SSSR count). The summed E-state index contributed by atoms with van der Waals surface area (Å²) >= 11 is 0. The predicted octanol–water partition coefficient (Wildman–Crippen LogP) is 2.50. The first-order chi connectivity index (χ1) is 19.0. The van der Waals surface area contributed by atoms with Crippen LogP contribution in [0.5, 0.6) is 0 Å². The number of aryl methyl sites for hydroxylation is 1. The Labute approximate surface area is 234 Å². The summed E-state index contributed by atoms with van der Waals surface area (Å²) in [6.45, 7) is 11.0. The van der Waals surface area contributed by atoms with Crippen molar-refractivity contribution >= 4 is 34.7 Å². The number of likely N-dealkylation sites (tertiary alicyclic amines) is 1. The first kappa shape index (κ1) is 28.1. The highest BCUT2D eigenvalue weighted by Gasteiger charge is 2.34. The monoisotopic (exact) mass is 552 g/mol. The smallest absolute Gasteiger partial charge is 0.410 e. The van der Waals surface area contributed by atoms with E-state index in [0.29, 0.717) is 55.3 Å². The van der Waals surface area contributed by atoms with Gasteiger partial charge in [0.25, 0.3) is 5.91 Å². The Morgan fingerprint density at radius 2 is 1.70 bits per heavy atom. The van der Waals surface area contributed by atoms with Crippen molar-refractivity contribution < 1.29 is 23.9 Å². The number of nitrogens with zero attached hydrogens (tertiary/aromatic N) is 5. The number of imide groups is 1. The Kier molecular flexibility index (Phi) is 7.85. The highest BCUT2D eigenvalue weighted by molar-refractivity contribution is 6.08. The van der Waals surface area contributed by atoms with Gasteiger partial charge in [0.1, 0.15) is 5.60 Å². The summed E-state index contributed by atoms with van der Waals surface area (Å²) in [6.07, 6.45) is 2.37. The number of nitrogens with one attached hydrogen (secondary N) is 1. The summed E-state index contributed by atoms with van der Waals surface area (Å²) in [5.41, 5.74) is 1.42. The van der Waals surface area contributed by atoms with E-state index >= 15 is 0 Å². The molecule has 11 nitrogen and oxygen atoms in total. The third kappa shape index (κ3) is 5.99. The normalized spacial score (nSPS) is 21.6. The van der Waals surface area contributed by atoms with Gasteiger partial charge in [-0.2, -0.15) is 5.10 Å². The van der Waals surface area contributed by atoms with Crippen molar-refractivity contribution in [2.24, 2.45) is 13.0 Å². The van der Waals surface area contributed by atoms with Crippen molar-refractivity contribution in [1.82, 2.24) is 29.8 Å². The maximum Gasteiger partial charge on any atom is 0.410 e. The molecule has 2 aromatic rings. The van der Waals surface area contributed by atoms with E-state index in [9.17, 15) is 19.2 Å². The predicted molar refractivity (Wildman–Crippen MR) is 149 cm³/mol. The van der Waals surface area contributed by atoms with Gasteiger partial charge in [0.05, 0.1) is 22.7 Å². The van der Waals surface area contributed by atoms with Crippen LogP contribution >= 0.6 is 0 Å². The maximum atomic E-state index is 13.6. The van der Waals surface area contributed by atoms with Crippen LogP contribution in [-0.4, -0.2) is 99.7 Å². The molecule has 3 aliphatic rings. The Morgan fingerprint density at radius 3 is 2.35 bits per heavy atom. The molecule has 1 aromatic carbocycles. The van der Waals surface area contributed by atoms with Gasteiger partial charge in [0.2, 0.25) is 11.8 Å². The molecule has 1 N–H and O–H groups in total. The van der Waals surface area contributed by atoms with Gasteiger partial charge in [-0.25, -0.2) is 4.79 Å². The maximum absolute atomic E-state index is 13.6. The van der Waals surface area contributed by atoms with Crippen molar-refractivity contribution in [3.8, 4) is 0 Å². The molecule has 1 aromatic heterocycles. The van der Waals surface area contributed by atoms with E-state index in [-0.39, 0.29) is 30.2 Å². The molecular weight excluding hydrogens is 512 g/mol. The van der Waals surface area contributed by atoms with E-state index in [4.69, 9.17) is 4.74 Å². The van der Waals surface area contributed by atoms with Gasteiger partial charge in [-0.3, -0.25) is 29.3 Å². The van der Waals surface area contributed by atoms with Crippen molar-refractivity contribution in [3.63, 3.8) is 0 Å². The number of ether oxygens (including phenoxy) is 1. The molecule has 3 saturated heterocycles. The van der Waals surface area contributed by atoms with Crippen molar-refractivity contribution in [2.45, 2.75) is 58.0 Å². The van der Waals surface area contributed by atoms with Gasteiger partial charge in [-0.15, -0.1) is 0 Å². The fraction of sp³-hybridized carbons (Fsp3) is 0.621. The zero-order valence-corrected chi connectivity index (χ0v) is 23.9. The first-order valence-electron chi connectivity index (χ1n) is 14.3. The molecule has 1 unspecified atom stereocenters. The van der Waals surface area contributed by atoms with E-state index in [2.05, 4.69) is 15.3 Å². The molecule has 11 heteroatoms. The summed E-state index contributed by atoms with van der Waals surface area (Å²) in [4.78, 5) is 56.3. The third-order valence-corrected chi connectivity index (χ3v) is 8.14. The number of carbonyl (C=O) groups is 4. The van der Waals surface area contributed by atoms with Gasteiger partial charge in [-0.05, 0) is 52.0 Å². The second-order valence-electron chi connectivity index (χ2n) is 12.2. The molecule has 0 radical (unpaired) electrons. The fourth-order valence-corrected chi connectivity index (χ4v) is 6.04. The SMILES string of the molecule is Cn1nc(C2CCC(=O)NC2=O)c2cccc(C(=O)N3CCN(CC4CCN(C(=O)OC(C)(C)C)CC4)CC3)c21. The lowest BCUT2D eigenvalue weighted by Gasteiger charge is -2.39. The van der Waals surface area contributed by atoms with Gasteiger partial charge in [0.15, 0.2) is 0 Å². The number of hydrogen-bond acceptors (Lipinski definition) is 7. The van der Waals surface area contributed by atoms with E-state index < -0.39 is 11.5 Å². The lowest BCUT2D eigenvalue weighted by molar-refractivity contribution is -0.134. The van der Waals surface area contributed by atoms with Crippen LogP contribution in [0, 0.1) is 5.92 Å². The molecule has 4 amide bonds. The summed E-state index contributed by atoms with van der Waals surface area (Å²) < 4.78 is 7.19. The zero-order chi connectivity index (χ0) is 28.6. The van der Waals surface area contributed by atoms with Gasteiger partial charge >= 0.3 is 6.09 Å². The minimum Gasteiger partial charge on any atom is -0.444 e. The molecule has 0 saturated carbocycles. The number of fused-ring (bicyclic) bond motifs is 1. The van der Waals surface area contributed by atoms with Gasteiger partial charge in [-0.1, -0.05) is 12.1 Å². The van der Waals surface area contributed by atoms with Crippen LogP contribution in [0.15, 0.2) is 18.2 Å². The van der Waals surface area contributed by atoms with Crippen molar-refractivity contribution in [1.29, 1.82) is 0 Å². The molecule has 3 aliphatic heterocycles. The molecule has 3 fully saturated rings. The van der Waals surface area contributed by atoms with Crippen LogP contribution in [0.1, 0.15) is 68.4 Å². The summed E-state index contributed by atoms with van der Waals surface area (Å²) in [5.74, 6) is -0.614. The van der Waals surface area contributed by atoms with Crippen molar-refractivity contribution in [2.75, 3.05) is 45.8 Å². The highest BCUT2D eigenvalue weighted by atomic mass is 16.6. The summed E-state index contributed by atoms with van der Waals surface area (Å²) in [7, 11) is 1.79. The van der Waals surface area contributed by atoms with E-state index in [1.54, 1.807) is 11.7 Å². The van der Waals surface area contributed by atoms with Crippen LogP contribution in [0.4, 0.5) is 4.79 Å².